The number of hydrogen-bond donors (Lipinski definition) is 1. The Kier molecular flexibility index (Phi) is 16.3. The molecule has 0 aliphatic rings. The smallest absolute Gasteiger partial charge is 0.251 e. The maximum absolute atomic E-state index is 12.1. The quantitative estimate of drug-likeness (QED) is 0.130. The summed E-state index contributed by atoms with van der Waals surface area (Å²) in [7, 11) is 0. The molecule has 0 unspecified atom stereocenters. The van der Waals surface area contributed by atoms with Crippen molar-refractivity contribution in [1.29, 1.82) is 0 Å². The van der Waals surface area contributed by atoms with Crippen molar-refractivity contribution >= 4 is 17.9 Å². The molecule has 0 radical (unpaired) electrons. The van der Waals surface area contributed by atoms with E-state index in [-0.39, 0.29) is 17.2 Å². The molecule has 174 valence electrons. The van der Waals surface area contributed by atoms with E-state index in [1.807, 2.05) is 0 Å². The first-order valence-corrected chi connectivity index (χ1v) is 12.4. The zero-order chi connectivity index (χ0) is 22.6. The largest absolute Gasteiger partial charge is 0.352 e. The van der Waals surface area contributed by atoms with Crippen LogP contribution in [-0.4, -0.2) is 18.7 Å². The van der Waals surface area contributed by atoms with Crippen molar-refractivity contribution < 1.29 is 9.59 Å². The van der Waals surface area contributed by atoms with Crippen LogP contribution in [0, 0.1) is 4.91 Å². The van der Waals surface area contributed by atoms with Crippen LogP contribution in [0.1, 0.15) is 130 Å². The average molecular weight is 431 g/mol. The van der Waals surface area contributed by atoms with E-state index in [4.69, 9.17) is 0 Å². The van der Waals surface area contributed by atoms with Crippen molar-refractivity contribution in [2.24, 2.45) is 5.18 Å². The highest BCUT2D eigenvalue weighted by Crippen LogP contribution is 2.19. The Morgan fingerprint density at radius 2 is 1.29 bits per heavy atom. The molecule has 0 aliphatic carbocycles. The van der Waals surface area contributed by atoms with Crippen molar-refractivity contribution in [1.82, 2.24) is 5.32 Å². The van der Waals surface area contributed by atoms with Gasteiger partial charge in [-0.25, -0.2) is 0 Å². The Morgan fingerprint density at radius 3 is 1.74 bits per heavy atom. The summed E-state index contributed by atoms with van der Waals surface area (Å²) in [6, 6.07) is 4.36. The van der Waals surface area contributed by atoms with Gasteiger partial charge in [-0.05, 0) is 29.8 Å². The predicted octanol–water partition coefficient (Wildman–Crippen LogP) is 7.89. The number of nitroso groups, excluding NO2 is 1. The number of amides is 1. The van der Waals surface area contributed by atoms with E-state index in [0.717, 1.165) is 12.8 Å². The summed E-state index contributed by atoms with van der Waals surface area (Å²) in [6.07, 6.45) is 21.7. The standard InChI is InChI=1S/C26H42N2O3/c1-2-3-4-5-6-7-8-9-10-11-12-13-14-15-16-17-20-27-26(30)23-18-19-24(22-29)25(21-23)28-31/h18-19,21-22H,2-17,20H2,1H3,(H,27,30). The maximum atomic E-state index is 12.1. The van der Waals surface area contributed by atoms with Crippen molar-refractivity contribution in [3.05, 3.63) is 34.2 Å². The van der Waals surface area contributed by atoms with E-state index in [9.17, 15) is 14.5 Å². The van der Waals surface area contributed by atoms with Gasteiger partial charge in [-0.3, -0.25) is 9.59 Å². The lowest BCUT2D eigenvalue weighted by atomic mass is 10.0. The van der Waals surface area contributed by atoms with E-state index in [2.05, 4.69) is 17.4 Å². The second-order valence-corrected chi connectivity index (χ2v) is 8.54. The van der Waals surface area contributed by atoms with Gasteiger partial charge in [0.05, 0.1) is 0 Å². The van der Waals surface area contributed by atoms with Crippen molar-refractivity contribution in [3.8, 4) is 0 Å². The van der Waals surface area contributed by atoms with Gasteiger partial charge in [0.1, 0.15) is 5.69 Å². The number of hydrogen-bond acceptors (Lipinski definition) is 4. The molecule has 31 heavy (non-hydrogen) atoms. The van der Waals surface area contributed by atoms with Crippen molar-refractivity contribution in [3.63, 3.8) is 0 Å². The molecule has 5 nitrogen and oxygen atoms in total. The average Bonchev–Trinajstić information content (AvgIpc) is 2.80. The number of carbonyl (C=O) groups is 2. The van der Waals surface area contributed by atoms with E-state index < -0.39 is 0 Å². The SMILES string of the molecule is CCCCCCCCCCCCCCCCCCNC(=O)c1ccc(C=O)c(N=O)c1. The van der Waals surface area contributed by atoms with Crippen LogP contribution in [0.4, 0.5) is 5.69 Å². The number of nitrogens with one attached hydrogen (secondary N) is 1. The third kappa shape index (κ3) is 13.1. The third-order valence-electron chi connectivity index (χ3n) is 5.83. The molecule has 1 aromatic rings. The van der Waals surface area contributed by atoms with E-state index in [1.54, 1.807) is 6.07 Å². The van der Waals surface area contributed by atoms with Gasteiger partial charge in [0, 0.05) is 17.7 Å². The van der Waals surface area contributed by atoms with Gasteiger partial charge in [-0.1, -0.05) is 103 Å². The van der Waals surface area contributed by atoms with Crippen LogP contribution in [-0.2, 0) is 0 Å². The highest BCUT2D eigenvalue weighted by molar-refractivity contribution is 5.96. The number of nitrogens with zero attached hydrogens (tertiary/aromatic N) is 1. The van der Waals surface area contributed by atoms with E-state index in [1.165, 1.54) is 102 Å². The Bertz CT molecular complexity index is 631. The molecule has 1 aromatic carbocycles. The van der Waals surface area contributed by atoms with E-state index >= 15 is 0 Å². The monoisotopic (exact) mass is 430 g/mol. The van der Waals surface area contributed by atoms with Crippen LogP contribution in [0.15, 0.2) is 23.4 Å². The van der Waals surface area contributed by atoms with E-state index in [0.29, 0.717) is 18.4 Å². The summed E-state index contributed by atoms with van der Waals surface area (Å²) in [4.78, 5) is 33.7. The lowest BCUT2D eigenvalue weighted by Gasteiger charge is -2.06. The predicted molar refractivity (Wildman–Crippen MR) is 129 cm³/mol. The maximum Gasteiger partial charge on any atom is 0.251 e. The number of benzene rings is 1. The summed E-state index contributed by atoms with van der Waals surface area (Å²) in [5.74, 6) is -0.233. The summed E-state index contributed by atoms with van der Waals surface area (Å²) >= 11 is 0. The molecule has 5 heteroatoms. The van der Waals surface area contributed by atoms with Crippen molar-refractivity contribution in [2.75, 3.05) is 6.54 Å². The van der Waals surface area contributed by atoms with Crippen LogP contribution < -0.4 is 5.32 Å². The van der Waals surface area contributed by atoms with Crippen molar-refractivity contribution in [2.45, 2.75) is 110 Å². The van der Waals surface area contributed by atoms with Gasteiger partial charge >= 0.3 is 0 Å². The topological polar surface area (TPSA) is 75.6 Å². The first-order valence-electron chi connectivity index (χ1n) is 12.4. The van der Waals surface area contributed by atoms with Crippen LogP contribution in [0.25, 0.3) is 0 Å². The van der Waals surface area contributed by atoms with Gasteiger partial charge in [0.2, 0.25) is 0 Å². The molecule has 1 amide bonds. The van der Waals surface area contributed by atoms with Gasteiger partial charge in [0.15, 0.2) is 6.29 Å². The molecule has 0 heterocycles. The van der Waals surface area contributed by atoms with Crippen LogP contribution in [0.3, 0.4) is 0 Å². The second-order valence-electron chi connectivity index (χ2n) is 8.54. The molecule has 0 fully saturated rings. The molecular formula is C26H42N2O3. The Hall–Kier alpha value is -2.04. The normalized spacial score (nSPS) is 10.7. The zero-order valence-corrected chi connectivity index (χ0v) is 19.5. The first-order chi connectivity index (χ1) is 15.2. The van der Waals surface area contributed by atoms with Gasteiger partial charge in [-0.15, -0.1) is 4.91 Å². The lowest BCUT2D eigenvalue weighted by Crippen LogP contribution is -2.24. The fourth-order valence-electron chi connectivity index (χ4n) is 3.84. The summed E-state index contributed by atoms with van der Waals surface area (Å²) < 4.78 is 0. The molecule has 0 aromatic heterocycles. The minimum absolute atomic E-state index is 0.00468. The van der Waals surface area contributed by atoms with Crippen LogP contribution in [0.2, 0.25) is 0 Å². The molecular weight excluding hydrogens is 388 g/mol. The molecule has 0 bridgehead atoms. The number of aldehydes is 1. The minimum Gasteiger partial charge on any atom is -0.352 e. The molecule has 0 saturated carbocycles. The van der Waals surface area contributed by atoms with Crippen LogP contribution in [0.5, 0.6) is 0 Å². The molecule has 1 rings (SSSR count). The molecule has 1 N–H and O–H groups in total. The van der Waals surface area contributed by atoms with Gasteiger partial charge < -0.3 is 5.32 Å². The number of carbonyl (C=O) groups excluding carboxylic acids is 2. The summed E-state index contributed by atoms with van der Waals surface area (Å²) in [5.41, 5.74) is 0.561. The minimum atomic E-state index is -0.233. The zero-order valence-electron chi connectivity index (χ0n) is 19.5. The molecule has 0 aliphatic heterocycles. The van der Waals surface area contributed by atoms with Crippen LogP contribution >= 0.6 is 0 Å². The fraction of sp³-hybridized carbons (Fsp3) is 0.692. The highest BCUT2D eigenvalue weighted by Gasteiger charge is 2.09. The third-order valence-corrected chi connectivity index (χ3v) is 5.83. The molecule has 0 atom stereocenters. The Labute approximate surface area is 188 Å². The first kappa shape index (κ1) is 27.0. The molecule has 0 spiro atoms. The Balaban J connectivity index is 1.92. The highest BCUT2D eigenvalue weighted by atomic mass is 16.3. The van der Waals surface area contributed by atoms with Gasteiger partial charge in [-0.2, -0.15) is 0 Å². The summed E-state index contributed by atoms with van der Waals surface area (Å²) in [5, 5.41) is 5.67. The Morgan fingerprint density at radius 1 is 0.806 bits per heavy atom. The fourth-order valence-corrected chi connectivity index (χ4v) is 3.84. The number of rotatable bonds is 20. The second kappa shape index (κ2) is 18.7. The summed E-state index contributed by atoms with van der Waals surface area (Å²) in [6.45, 7) is 2.89. The molecule has 0 saturated heterocycles. The lowest BCUT2D eigenvalue weighted by molar-refractivity contribution is 0.0952. The number of unbranched alkanes of at least 4 members (excludes halogenated alkanes) is 15. The van der Waals surface area contributed by atoms with Gasteiger partial charge in [0.25, 0.3) is 5.91 Å².